The van der Waals surface area contributed by atoms with E-state index in [9.17, 15) is 4.79 Å². The van der Waals surface area contributed by atoms with Crippen molar-refractivity contribution in [2.45, 2.75) is 39.5 Å². The van der Waals surface area contributed by atoms with Gasteiger partial charge >= 0.3 is 0 Å². The molecule has 1 aliphatic heterocycles. The molecule has 1 saturated carbocycles. The van der Waals surface area contributed by atoms with Crippen LogP contribution < -0.4 is 10.6 Å². The lowest BCUT2D eigenvalue weighted by molar-refractivity contribution is -0.137. The van der Waals surface area contributed by atoms with Crippen LogP contribution in [0.3, 0.4) is 0 Å². The highest BCUT2D eigenvalue weighted by Crippen LogP contribution is 2.26. The predicted octanol–water partition coefficient (Wildman–Crippen LogP) is 1.53. The van der Waals surface area contributed by atoms with Crippen LogP contribution in [0.1, 0.15) is 39.5 Å². The number of halogens is 1. The molecule has 0 aromatic carbocycles. The van der Waals surface area contributed by atoms with Crippen molar-refractivity contribution in [3.63, 3.8) is 0 Å². The van der Waals surface area contributed by atoms with Crippen LogP contribution in [0, 0.1) is 5.92 Å². The summed E-state index contributed by atoms with van der Waals surface area (Å²) in [7, 11) is 0. The minimum Gasteiger partial charge on any atom is -0.380 e. The van der Waals surface area contributed by atoms with Crippen LogP contribution in [0.15, 0.2) is 4.99 Å². The molecule has 1 saturated heterocycles. The molecule has 0 radical (unpaired) electrons. The number of nitrogens with one attached hydrogen (secondary N) is 2. The van der Waals surface area contributed by atoms with Gasteiger partial charge in [0.05, 0.1) is 13.2 Å². The van der Waals surface area contributed by atoms with Gasteiger partial charge in [-0.2, -0.15) is 0 Å². The summed E-state index contributed by atoms with van der Waals surface area (Å²) >= 11 is 0. The van der Waals surface area contributed by atoms with E-state index in [1.807, 2.05) is 6.92 Å². The van der Waals surface area contributed by atoms with Crippen molar-refractivity contribution < 1.29 is 9.53 Å². The number of aliphatic imine (C=N–C) groups is 1. The van der Waals surface area contributed by atoms with Crippen LogP contribution in [0.5, 0.6) is 0 Å². The quantitative estimate of drug-likeness (QED) is 0.220. The maximum absolute atomic E-state index is 12.5. The molecule has 0 atom stereocenters. The summed E-state index contributed by atoms with van der Waals surface area (Å²) in [5.41, 5.74) is 0. The molecule has 7 nitrogen and oxygen atoms in total. The molecule has 0 unspecified atom stereocenters. The van der Waals surface area contributed by atoms with Gasteiger partial charge in [0.1, 0.15) is 0 Å². The lowest BCUT2D eigenvalue weighted by Crippen LogP contribution is -2.50. The number of carbonyl (C=O) groups is 1. The fourth-order valence-electron chi connectivity index (χ4n) is 3.65. The zero-order valence-electron chi connectivity index (χ0n) is 17.0. The van der Waals surface area contributed by atoms with Gasteiger partial charge in [-0.1, -0.05) is 12.8 Å². The monoisotopic (exact) mass is 495 g/mol. The van der Waals surface area contributed by atoms with Gasteiger partial charge in [-0.15, -0.1) is 24.0 Å². The number of rotatable bonds is 9. The first-order chi connectivity index (χ1) is 12.7. The van der Waals surface area contributed by atoms with Crippen LogP contribution in [0.4, 0.5) is 0 Å². The largest absolute Gasteiger partial charge is 0.380 e. The molecule has 0 aromatic heterocycles. The molecular weight excluding hydrogens is 457 g/mol. The van der Waals surface area contributed by atoms with Gasteiger partial charge in [-0.3, -0.25) is 14.7 Å². The highest BCUT2D eigenvalue weighted by molar-refractivity contribution is 14.0. The number of ether oxygens (including phenoxy) is 1. The first-order valence-corrected chi connectivity index (χ1v) is 10.4. The molecule has 0 spiro atoms. The second kappa shape index (κ2) is 14.4. The third kappa shape index (κ3) is 8.95. The minimum absolute atomic E-state index is 0. The molecule has 0 aromatic rings. The number of piperazine rings is 1. The van der Waals surface area contributed by atoms with E-state index >= 15 is 0 Å². The molecule has 2 N–H and O–H groups in total. The SMILES string of the molecule is CCNC(=NCCN1CCN(C(=O)C2CCCC2)CC1)NCCOCC.I. The Morgan fingerprint density at radius 1 is 1.11 bits per heavy atom. The van der Waals surface area contributed by atoms with Gasteiger partial charge in [0.15, 0.2) is 5.96 Å². The Kier molecular flexibility index (Phi) is 13.0. The number of hydrogen-bond donors (Lipinski definition) is 2. The van der Waals surface area contributed by atoms with E-state index in [-0.39, 0.29) is 24.0 Å². The molecule has 1 aliphatic carbocycles. The standard InChI is InChI=1S/C19H37N5O2.HI/c1-3-20-19(22-10-16-26-4-2)21-9-11-23-12-14-24(15-13-23)18(25)17-7-5-6-8-17;/h17H,3-16H2,1-2H3,(H2,20,21,22);1H. The number of hydrogen-bond acceptors (Lipinski definition) is 4. The van der Waals surface area contributed by atoms with Gasteiger partial charge in [0.25, 0.3) is 0 Å². The van der Waals surface area contributed by atoms with E-state index < -0.39 is 0 Å². The third-order valence-electron chi connectivity index (χ3n) is 5.16. The molecule has 1 heterocycles. The smallest absolute Gasteiger partial charge is 0.225 e. The Morgan fingerprint density at radius 3 is 2.44 bits per heavy atom. The third-order valence-corrected chi connectivity index (χ3v) is 5.16. The van der Waals surface area contributed by atoms with Gasteiger partial charge in [-0.05, 0) is 26.7 Å². The lowest BCUT2D eigenvalue weighted by atomic mass is 10.1. The molecular formula is C19H38IN5O2. The predicted molar refractivity (Wildman–Crippen MR) is 121 cm³/mol. The van der Waals surface area contributed by atoms with Crippen LogP contribution >= 0.6 is 24.0 Å². The Hall–Kier alpha value is -0.610. The summed E-state index contributed by atoms with van der Waals surface area (Å²) in [4.78, 5) is 21.6. The summed E-state index contributed by atoms with van der Waals surface area (Å²) in [6.45, 7) is 12.5. The van der Waals surface area contributed by atoms with Crippen molar-refractivity contribution in [2.75, 3.05) is 65.6 Å². The van der Waals surface area contributed by atoms with Gasteiger partial charge in [0, 0.05) is 58.3 Å². The normalized spacial score (nSPS) is 19.0. The summed E-state index contributed by atoms with van der Waals surface area (Å²) in [5, 5.41) is 6.55. The van der Waals surface area contributed by atoms with Crippen molar-refractivity contribution in [1.82, 2.24) is 20.4 Å². The van der Waals surface area contributed by atoms with Crippen molar-refractivity contribution in [2.24, 2.45) is 10.9 Å². The van der Waals surface area contributed by atoms with Crippen LogP contribution in [0.25, 0.3) is 0 Å². The van der Waals surface area contributed by atoms with E-state index in [0.717, 1.165) is 77.8 Å². The molecule has 8 heteroatoms. The van der Waals surface area contributed by atoms with Crippen molar-refractivity contribution in [1.29, 1.82) is 0 Å². The van der Waals surface area contributed by atoms with Gasteiger partial charge < -0.3 is 20.3 Å². The molecule has 2 aliphatic rings. The first kappa shape index (κ1) is 24.4. The van der Waals surface area contributed by atoms with E-state index in [2.05, 4.69) is 32.3 Å². The molecule has 158 valence electrons. The summed E-state index contributed by atoms with van der Waals surface area (Å²) in [5.74, 6) is 1.55. The van der Waals surface area contributed by atoms with Crippen molar-refractivity contribution >= 4 is 35.8 Å². The first-order valence-electron chi connectivity index (χ1n) is 10.4. The maximum atomic E-state index is 12.5. The van der Waals surface area contributed by atoms with E-state index in [1.165, 1.54) is 12.8 Å². The van der Waals surface area contributed by atoms with E-state index in [1.54, 1.807) is 0 Å². The summed E-state index contributed by atoms with van der Waals surface area (Å²) in [6, 6.07) is 0. The van der Waals surface area contributed by atoms with Crippen LogP contribution in [0.2, 0.25) is 0 Å². The highest BCUT2D eigenvalue weighted by atomic mass is 127. The zero-order chi connectivity index (χ0) is 18.6. The number of nitrogens with zero attached hydrogens (tertiary/aromatic N) is 3. The summed E-state index contributed by atoms with van der Waals surface area (Å²) < 4.78 is 5.34. The molecule has 0 bridgehead atoms. The topological polar surface area (TPSA) is 69.2 Å². The molecule has 2 rings (SSSR count). The fourth-order valence-corrected chi connectivity index (χ4v) is 3.65. The lowest BCUT2D eigenvalue weighted by Gasteiger charge is -2.35. The Balaban J connectivity index is 0.00000364. The van der Waals surface area contributed by atoms with E-state index in [4.69, 9.17) is 4.74 Å². The van der Waals surface area contributed by atoms with Crippen LogP contribution in [-0.2, 0) is 9.53 Å². The average molecular weight is 495 g/mol. The second-order valence-corrected chi connectivity index (χ2v) is 7.03. The number of amides is 1. The Bertz CT molecular complexity index is 436. The Morgan fingerprint density at radius 2 is 1.81 bits per heavy atom. The molecule has 1 amide bonds. The van der Waals surface area contributed by atoms with Crippen molar-refractivity contribution in [3.8, 4) is 0 Å². The molecule has 2 fully saturated rings. The summed E-state index contributed by atoms with van der Waals surface area (Å²) in [6.07, 6.45) is 4.64. The second-order valence-electron chi connectivity index (χ2n) is 7.03. The van der Waals surface area contributed by atoms with Crippen molar-refractivity contribution in [3.05, 3.63) is 0 Å². The fraction of sp³-hybridized carbons (Fsp3) is 0.895. The average Bonchev–Trinajstić information content (AvgIpc) is 3.20. The Labute approximate surface area is 181 Å². The van der Waals surface area contributed by atoms with Gasteiger partial charge in [-0.25, -0.2) is 0 Å². The maximum Gasteiger partial charge on any atom is 0.225 e. The highest BCUT2D eigenvalue weighted by Gasteiger charge is 2.29. The van der Waals surface area contributed by atoms with Gasteiger partial charge in [0.2, 0.25) is 5.91 Å². The molecule has 27 heavy (non-hydrogen) atoms. The van der Waals surface area contributed by atoms with Crippen LogP contribution in [-0.4, -0.2) is 87.2 Å². The minimum atomic E-state index is 0. The number of guanidine groups is 1. The van der Waals surface area contributed by atoms with E-state index in [0.29, 0.717) is 18.4 Å². The zero-order valence-corrected chi connectivity index (χ0v) is 19.4. The number of carbonyl (C=O) groups excluding carboxylic acids is 1.